The van der Waals surface area contributed by atoms with E-state index in [2.05, 4.69) is 10.5 Å². The lowest BCUT2D eigenvalue weighted by molar-refractivity contribution is 0.161. The molecule has 0 radical (unpaired) electrons. The van der Waals surface area contributed by atoms with Gasteiger partial charge in [0.2, 0.25) is 0 Å². The monoisotopic (exact) mass is 180 g/mol. The van der Waals surface area contributed by atoms with Crippen molar-refractivity contribution in [3.8, 4) is 0 Å². The number of thiazole rings is 1. The van der Waals surface area contributed by atoms with Crippen molar-refractivity contribution >= 4 is 21.6 Å². The fourth-order valence-electron chi connectivity index (χ4n) is 1.06. The molecule has 0 fully saturated rings. The fraction of sp³-hybridized carbons (Fsp3) is 0.125. The number of hydroxylamine groups is 1. The normalized spacial score (nSPS) is 10.8. The maximum atomic E-state index is 8.46. The number of benzene rings is 1. The smallest absolute Gasteiger partial charge is 0.110 e. The lowest BCUT2D eigenvalue weighted by atomic mass is 10.3. The van der Waals surface area contributed by atoms with E-state index in [1.165, 1.54) is 0 Å². The molecule has 1 heterocycles. The number of rotatable bonds is 2. The number of para-hydroxylation sites is 1. The van der Waals surface area contributed by atoms with Gasteiger partial charge in [-0.2, -0.15) is 5.48 Å². The Bertz CT molecular complexity index is 352. The molecule has 0 unspecified atom stereocenters. The van der Waals surface area contributed by atoms with E-state index in [0.717, 1.165) is 15.2 Å². The summed E-state index contributed by atoms with van der Waals surface area (Å²) in [5.41, 5.74) is 3.09. The molecule has 3 nitrogen and oxygen atoms in total. The van der Waals surface area contributed by atoms with E-state index in [9.17, 15) is 0 Å². The average molecular weight is 180 g/mol. The van der Waals surface area contributed by atoms with Gasteiger partial charge in [-0.1, -0.05) is 12.1 Å². The van der Waals surface area contributed by atoms with Crippen LogP contribution in [0.15, 0.2) is 24.3 Å². The van der Waals surface area contributed by atoms with Crippen LogP contribution in [0.5, 0.6) is 0 Å². The Morgan fingerprint density at radius 3 is 3.00 bits per heavy atom. The van der Waals surface area contributed by atoms with Crippen molar-refractivity contribution in [3.63, 3.8) is 0 Å². The maximum Gasteiger partial charge on any atom is 0.110 e. The first kappa shape index (κ1) is 7.67. The van der Waals surface area contributed by atoms with Crippen LogP contribution in [0.2, 0.25) is 0 Å². The van der Waals surface area contributed by atoms with Crippen LogP contribution >= 0.6 is 11.3 Å². The molecule has 2 aromatic rings. The first-order valence-corrected chi connectivity index (χ1v) is 4.43. The van der Waals surface area contributed by atoms with Gasteiger partial charge in [0.15, 0.2) is 0 Å². The summed E-state index contributed by atoms with van der Waals surface area (Å²) < 4.78 is 1.16. The Hall–Kier alpha value is -0.970. The Labute approximate surface area is 73.6 Å². The van der Waals surface area contributed by atoms with Crippen LogP contribution in [-0.4, -0.2) is 10.2 Å². The van der Waals surface area contributed by atoms with Gasteiger partial charge in [0, 0.05) is 0 Å². The zero-order valence-corrected chi connectivity index (χ0v) is 7.14. The van der Waals surface area contributed by atoms with Crippen LogP contribution in [0.25, 0.3) is 10.2 Å². The molecule has 0 aliphatic heterocycles. The molecule has 12 heavy (non-hydrogen) atoms. The molecule has 0 aliphatic carbocycles. The predicted octanol–water partition coefficient (Wildman–Crippen LogP) is 1.78. The SMILES string of the molecule is ONCc1nc2ccccc2s1. The molecule has 1 aromatic carbocycles. The van der Waals surface area contributed by atoms with Gasteiger partial charge in [-0.05, 0) is 12.1 Å². The van der Waals surface area contributed by atoms with Crippen molar-refractivity contribution in [2.24, 2.45) is 0 Å². The molecule has 2 N–H and O–H groups in total. The maximum absolute atomic E-state index is 8.46. The lowest BCUT2D eigenvalue weighted by Crippen LogP contribution is -2.04. The molecular weight excluding hydrogens is 172 g/mol. The number of hydrogen-bond acceptors (Lipinski definition) is 4. The average Bonchev–Trinajstić information content (AvgIpc) is 2.47. The van der Waals surface area contributed by atoms with Gasteiger partial charge in [0.1, 0.15) is 5.01 Å². The second kappa shape index (κ2) is 3.18. The largest absolute Gasteiger partial charge is 0.316 e. The van der Waals surface area contributed by atoms with E-state index in [-0.39, 0.29) is 0 Å². The van der Waals surface area contributed by atoms with E-state index in [1.807, 2.05) is 24.3 Å². The van der Waals surface area contributed by atoms with E-state index >= 15 is 0 Å². The third-order valence-electron chi connectivity index (χ3n) is 1.57. The Morgan fingerprint density at radius 1 is 1.42 bits per heavy atom. The quantitative estimate of drug-likeness (QED) is 0.692. The fourth-order valence-corrected chi connectivity index (χ4v) is 1.96. The summed E-state index contributed by atoms with van der Waals surface area (Å²) in [6.07, 6.45) is 0. The minimum Gasteiger partial charge on any atom is -0.316 e. The summed E-state index contributed by atoms with van der Waals surface area (Å²) in [6.45, 7) is 0.416. The Balaban J connectivity index is 2.47. The number of nitrogens with one attached hydrogen (secondary N) is 1. The van der Waals surface area contributed by atoms with Crippen LogP contribution in [0.4, 0.5) is 0 Å². The second-order valence-corrected chi connectivity index (χ2v) is 3.53. The Morgan fingerprint density at radius 2 is 2.25 bits per heavy atom. The summed E-state index contributed by atoms with van der Waals surface area (Å²) in [4.78, 5) is 4.30. The summed E-state index contributed by atoms with van der Waals surface area (Å²) in [7, 11) is 0. The highest BCUT2D eigenvalue weighted by Crippen LogP contribution is 2.20. The van der Waals surface area contributed by atoms with Gasteiger partial charge in [-0.15, -0.1) is 11.3 Å². The highest BCUT2D eigenvalue weighted by atomic mass is 32.1. The topological polar surface area (TPSA) is 45.1 Å². The molecule has 0 atom stereocenters. The minimum atomic E-state index is 0.416. The summed E-state index contributed by atoms with van der Waals surface area (Å²) in [5.74, 6) is 0. The number of hydrogen-bond donors (Lipinski definition) is 2. The van der Waals surface area contributed by atoms with Crippen molar-refractivity contribution in [1.82, 2.24) is 10.5 Å². The van der Waals surface area contributed by atoms with Crippen molar-refractivity contribution < 1.29 is 5.21 Å². The van der Waals surface area contributed by atoms with E-state index in [4.69, 9.17) is 5.21 Å². The summed E-state index contributed by atoms with van der Waals surface area (Å²) in [5, 5.41) is 9.36. The van der Waals surface area contributed by atoms with Gasteiger partial charge in [0.25, 0.3) is 0 Å². The van der Waals surface area contributed by atoms with Crippen LogP contribution in [0.3, 0.4) is 0 Å². The third-order valence-corrected chi connectivity index (χ3v) is 2.60. The molecule has 62 valence electrons. The molecule has 0 amide bonds. The molecule has 0 aliphatic rings. The van der Waals surface area contributed by atoms with Gasteiger partial charge < -0.3 is 5.21 Å². The first-order valence-electron chi connectivity index (χ1n) is 3.61. The number of nitrogens with zero attached hydrogens (tertiary/aromatic N) is 1. The molecule has 0 spiro atoms. The van der Waals surface area contributed by atoms with Crippen molar-refractivity contribution in [1.29, 1.82) is 0 Å². The minimum absolute atomic E-state index is 0.416. The predicted molar refractivity (Wildman–Crippen MR) is 48.2 cm³/mol. The van der Waals surface area contributed by atoms with Crippen molar-refractivity contribution in [2.75, 3.05) is 0 Å². The van der Waals surface area contributed by atoms with Crippen LogP contribution in [-0.2, 0) is 6.54 Å². The standard InChI is InChI=1S/C8H8N2OS/c11-9-5-8-10-6-3-1-2-4-7(6)12-8/h1-4,9,11H,5H2. The van der Waals surface area contributed by atoms with Gasteiger partial charge in [0.05, 0.1) is 16.8 Å². The Kier molecular flexibility index (Phi) is 2.03. The van der Waals surface area contributed by atoms with Gasteiger partial charge in [-0.25, -0.2) is 4.98 Å². The van der Waals surface area contributed by atoms with E-state index < -0.39 is 0 Å². The molecule has 0 bridgehead atoms. The summed E-state index contributed by atoms with van der Waals surface area (Å²) >= 11 is 1.59. The molecule has 0 saturated carbocycles. The zero-order chi connectivity index (χ0) is 8.39. The van der Waals surface area contributed by atoms with Crippen molar-refractivity contribution in [2.45, 2.75) is 6.54 Å². The lowest BCUT2D eigenvalue weighted by Gasteiger charge is -1.87. The molecular formula is C8H8N2OS. The molecule has 1 aromatic heterocycles. The summed E-state index contributed by atoms with van der Waals surface area (Å²) in [6, 6.07) is 7.93. The number of fused-ring (bicyclic) bond motifs is 1. The van der Waals surface area contributed by atoms with Crippen LogP contribution < -0.4 is 5.48 Å². The third kappa shape index (κ3) is 1.32. The highest BCUT2D eigenvalue weighted by molar-refractivity contribution is 7.18. The zero-order valence-electron chi connectivity index (χ0n) is 6.32. The molecule has 4 heteroatoms. The second-order valence-electron chi connectivity index (χ2n) is 2.41. The van der Waals surface area contributed by atoms with E-state index in [0.29, 0.717) is 6.54 Å². The highest BCUT2D eigenvalue weighted by Gasteiger charge is 2.00. The van der Waals surface area contributed by atoms with Crippen molar-refractivity contribution in [3.05, 3.63) is 29.3 Å². The van der Waals surface area contributed by atoms with Gasteiger partial charge in [-0.3, -0.25) is 0 Å². The number of aromatic nitrogens is 1. The van der Waals surface area contributed by atoms with Crippen LogP contribution in [0, 0.1) is 0 Å². The first-order chi connectivity index (χ1) is 5.90. The molecule has 2 rings (SSSR count). The molecule has 0 saturated heterocycles. The van der Waals surface area contributed by atoms with Gasteiger partial charge >= 0.3 is 0 Å². The van der Waals surface area contributed by atoms with E-state index in [1.54, 1.807) is 11.3 Å². The van der Waals surface area contributed by atoms with Crippen LogP contribution in [0.1, 0.15) is 5.01 Å².